The van der Waals surface area contributed by atoms with Crippen molar-refractivity contribution in [2.75, 3.05) is 5.32 Å². The third-order valence-corrected chi connectivity index (χ3v) is 3.50. The summed E-state index contributed by atoms with van der Waals surface area (Å²) in [6.45, 7) is 1.63. The number of anilines is 1. The maximum atomic E-state index is 11.8. The molecule has 0 bridgehead atoms. The molecule has 3 aromatic rings. The molecule has 0 radical (unpaired) electrons. The first kappa shape index (κ1) is 15.7. The lowest BCUT2D eigenvalue weighted by Crippen LogP contribution is -2.32. The van der Waals surface area contributed by atoms with Crippen LogP contribution in [0.3, 0.4) is 0 Å². The minimum atomic E-state index is -0.600. The lowest BCUT2D eigenvalue weighted by Gasteiger charge is -2.09. The molecule has 118 valence electrons. The van der Waals surface area contributed by atoms with Gasteiger partial charge in [0.05, 0.1) is 6.04 Å². The van der Waals surface area contributed by atoms with Gasteiger partial charge in [-0.05, 0) is 36.4 Å². The number of rotatable bonds is 2. The number of hydrogen-bond acceptors (Lipinski definition) is 3. The predicted octanol–water partition coefficient (Wildman–Crippen LogP) is 2.92. The number of aromatic nitrogens is 1. The molecule has 4 heteroatoms. The van der Waals surface area contributed by atoms with Crippen molar-refractivity contribution in [3.63, 3.8) is 0 Å². The molecule has 0 saturated carbocycles. The minimum Gasteiger partial charge on any atom is -0.320 e. The highest BCUT2D eigenvalue weighted by Crippen LogP contribution is 2.20. The molecule has 24 heavy (non-hydrogen) atoms. The van der Waals surface area contributed by atoms with Crippen LogP contribution in [0.1, 0.15) is 18.2 Å². The Labute approximate surface area is 140 Å². The van der Waals surface area contributed by atoms with Crippen molar-refractivity contribution in [3.05, 3.63) is 71.9 Å². The van der Waals surface area contributed by atoms with E-state index in [9.17, 15) is 4.79 Å². The van der Waals surface area contributed by atoms with Crippen LogP contribution in [-0.2, 0) is 4.79 Å². The summed E-state index contributed by atoms with van der Waals surface area (Å²) in [5.74, 6) is 6.38. The number of hydrogen-bond donors (Lipinski definition) is 2. The Balaban J connectivity index is 2.05. The van der Waals surface area contributed by atoms with Crippen molar-refractivity contribution >= 4 is 22.5 Å². The second kappa shape index (κ2) is 6.95. The normalized spacial score (nSPS) is 11.4. The van der Waals surface area contributed by atoms with Gasteiger partial charge in [-0.1, -0.05) is 48.4 Å². The van der Waals surface area contributed by atoms with Crippen LogP contribution < -0.4 is 11.1 Å². The van der Waals surface area contributed by atoms with Gasteiger partial charge in [0.15, 0.2) is 0 Å². The van der Waals surface area contributed by atoms with Gasteiger partial charge in [-0.15, -0.1) is 0 Å². The van der Waals surface area contributed by atoms with Gasteiger partial charge in [-0.3, -0.25) is 4.79 Å². The van der Waals surface area contributed by atoms with Crippen LogP contribution in [0.25, 0.3) is 10.8 Å². The quantitative estimate of drug-likeness (QED) is 0.715. The van der Waals surface area contributed by atoms with Crippen molar-refractivity contribution in [1.29, 1.82) is 0 Å². The molecular formula is C20H17N3O. The molecule has 0 aliphatic rings. The zero-order valence-corrected chi connectivity index (χ0v) is 13.3. The molecule has 3 N–H and O–H groups in total. The van der Waals surface area contributed by atoms with Crippen LogP contribution in [0.2, 0.25) is 0 Å². The smallest absolute Gasteiger partial charge is 0.242 e. The highest BCUT2D eigenvalue weighted by molar-refractivity contribution is 5.96. The van der Waals surface area contributed by atoms with Gasteiger partial charge in [0, 0.05) is 10.9 Å². The van der Waals surface area contributed by atoms with Crippen molar-refractivity contribution in [3.8, 4) is 11.8 Å². The van der Waals surface area contributed by atoms with E-state index in [2.05, 4.69) is 22.1 Å². The summed E-state index contributed by atoms with van der Waals surface area (Å²) in [5.41, 5.74) is 7.13. The summed E-state index contributed by atoms with van der Waals surface area (Å²) in [6.07, 6.45) is 0. The van der Waals surface area contributed by atoms with E-state index in [0.29, 0.717) is 11.5 Å². The summed E-state index contributed by atoms with van der Waals surface area (Å²) >= 11 is 0. The Bertz CT molecular complexity index is 937. The number of nitrogens with one attached hydrogen (secondary N) is 1. The van der Waals surface area contributed by atoms with E-state index >= 15 is 0 Å². The van der Waals surface area contributed by atoms with Gasteiger partial charge < -0.3 is 11.1 Å². The fraction of sp³-hybridized carbons (Fsp3) is 0.100. The molecule has 3 rings (SSSR count). The second-order valence-electron chi connectivity index (χ2n) is 5.47. The van der Waals surface area contributed by atoms with Crippen molar-refractivity contribution in [2.45, 2.75) is 13.0 Å². The molecule has 1 atom stereocenters. The Morgan fingerprint density at radius 3 is 2.54 bits per heavy atom. The maximum absolute atomic E-state index is 11.8. The van der Waals surface area contributed by atoms with E-state index in [4.69, 9.17) is 5.73 Å². The van der Waals surface area contributed by atoms with E-state index in [1.807, 2.05) is 60.7 Å². The number of fused-ring (bicyclic) bond motifs is 1. The number of amides is 1. The van der Waals surface area contributed by atoms with E-state index in [-0.39, 0.29) is 5.91 Å². The topological polar surface area (TPSA) is 68.0 Å². The SMILES string of the molecule is CC(N)C(=O)Nc1cc2ccccc2c(C#Cc2ccccc2)n1. The van der Waals surface area contributed by atoms with Gasteiger partial charge in [0.1, 0.15) is 11.5 Å². The Morgan fingerprint density at radius 1 is 1.08 bits per heavy atom. The monoisotopic (exact) mass is 315 g/mol. The molecule has 0 saturated heterocycles. The van der Waals surface area contributed by atoms with Gasteiger partial charge in [0.25, 0.3) is 0 Å². The van der Waals surface area contributed by atoms with E-state index in [0.717, 1.165) is 16.3 Å². The highest BCUT2D eigenvalue weighted by Gasteiger charge is 2.10. The van der Waals surface area contributed by atoms with Gasteiger partial charge in [-0.2, -0.15) is 0 Å². The zero-order chi connectivity index (χ0) is 16.9. The van der Waals surface area contributed by atoms with Crippen LogP contribution in [-0.4, -0.2) is 16.9 Å². The predicted molar refractivity (Wildman–Crippen MR) is 96.4 cm³/mol. The second-order valence-corrected chi connectivity index (χ2v) is 5.47. The summed E-state index contributed by atoms with van der Waals surface area (Å²) in [4.78, 5) is 16.3. The number of carbonyl (C=O) groups excluding carboxylic acids is 1. The van der Waals surface area contributed by atoms with E-state index < -0.39 is 6.04 Å². The fourth-order valence-electron chi connectivity index (χ4n) is 2.25. The van der Waals surface area contributed by atoms with E-state index in [1.54, 1.807) is 6.92 Å². The third kappa shape index (κ3) is 3.60. The highest BCUT2D eigenvalue weighted by atomic mass is 16.2. The van der Waals surface area contributed by atoms with Crippen LogP contribution in [0.4, 0.5) is 5.82 Å². The standard InChI is InChI=1S/C20H17N3O/c1-14(21)20(24)23-19-13-16-9-5-6-10-17(16)18(22-19)12-11-15-7-3-2-4-8-15/h2-10,13-14H,21H2,1H3,(H,22,23,24). The molecule has 0 aliphatic carbocycles. The lowest BCUT2D eigenvalue weighted by molar-refractivity contribution is -0.117. The third-order valence-electron chi connectivity index (χ3n) is 3.50. The fourth-order valence-corrected chi connectivity index (χ4v) is 2.25. The molecule has 2 aromatic carbocycles. The molecule has 4 nitrogen and oxygen atoms in total. The van der Waals surface area contributed by atoms with Crippen LogP contribution in [0, 0.1) is 11.8 Å². The summed E-state index contributed by atoms with van der Waals surface area (Å²) in [5, 5.41) is 4.64. The average Bonchev–Trinajstić information content (AvgIpc) is 2.60. The summed E-state index contributed by atoms with van der Waals surface area (Å²) in [6, 6.07) is 18.7. The molecule has 1 heterocycles. The number of benzene rings is 2. The first-order chi connectivity index (χ1) is 11.6. The molecule has 0 spiro atoms. The van der Waals surface area contributed by atoms with Gasteiger partial charge in [0.2, 0.25) is 5.91 Å². The molecular weight excluding hydrogens is 298 g/mol. The van der Waals surface area contributed by atoms with E-state index in [1.165, 1.54) is 0 Å². The average molecular weight is 315 g/mol. The Hall–Kier alpha value is -3.16. The molecule has 1 amide bonds. The number of nitrogens with two attached hydrogens (primary N) is 1. The molecule has 1 unspecified atom stereocenters. The molecule has 1 aromatic heterocycles. The molecule has 0 fully saturated rings. The largest absolute Gasteiger partial charge is 0.320 e. The first-order valence-corrected chi connectivity index (χ1v) is 7.67. The van der Waals surface area contributed by atoms with Gasteiger partial charge >= 0.3 is 0 Å². The van der Waals surface area contributed by atoms with Crippen molar-refractivity contribution < 1.29 is 4.79 Å². The van der Waals surface area contributed by atoms with Crippen molar-refractivity contribution in [2.24, 2.45) is 5.73 Å². The number of nitrogens with zero attached hydrogens (tertiary/aromatic N) is 1. The van der Waals surface area contributed by atoms with Crippen LogP contribution in [0.5, 0.6) is 0 Å². The van der Waals surface area contributed by atoms with Gasteiger partial charge in [-0.25, -0.2) is 4.98 Å². The Kier molecular flexibility index (Phi) is 4.55. The zero-order valence-electron chi connectivity index (χ0n) is 13.3. The molecule has 0 aliphatic heterocycles. The summed E-state index contributed by atoms with van der Waals surface area (Å²) in [7, 11) is 0. The number of carbonyl (C=O) groups is 1. The lowest BCUT2D eigenvalue weighted by atomic mass is 10.1. The Morgan fingerprint density at radius 2 is 1.79 bits per heavy atom. The van der Waals surface area contributed by atoms with Crippen LogP contribution >= 0.6 is 0 Å². The van der Waals surface area contributed by atoms with Crippen molar-refractivity contribution in [1.82, 2.24) is 4.98 Å². The maximum Gasteiger partial charge on any atom is 0.242 e. The number of pyridine rings is 1. The minimum absolute atomic E-state index is 0.278. The first-order valence-electron chi connectivity index (χ1n) is 7.67. The van der Waals surface area contributed by atoms with Crippen LogP contribution in [0.15, 0.2) is 60.7 Å². The summed E-state index contributed by atoms with van der Waals surface area (Å²) < 4.78 is 0.